The van der Waals surface area contributed by atoms with Crippen LogP contribution in [0.2, 0.25) is 0 Å². The Kier molecular flexibility index (Phi) is 9.18. The average Bonchev–Trinajstić information content (AvgIpc) is 3.44. The SMILES string of the molecule is C=CCn1c(CNc2ccccc2)nnc1SCCC(=O)Nc1sc2c(c1C(=O)OCC)CCCC2. The first-order valence-corrected chi connectivity index (χ1v) is 14.0. The molecule has 2 N–H and O–H groups in total. The number of benzene rings is 1. The minimum Gasteiger partial charge on any atom is -0.462 e. The molecule has 0 saturated carbocycles. The van der Waals surface area contributed by atoms with Gasteiger partial charge in [0.2, 0.25) is 5.91 Å². The third-order valence-electron chi connectivity index (χ3n) is 5.79. The van der Waals surface area contributed by atoms with Gasteiger partial charge in [-0.1, -0.05) is 36.0 Å². The summed E-state index contributed by atoms with van der Waals surface area (Å²) in [6, 6.07) is 9.93. The lowest BCUT2D eigenvalue weighted by molar-refractivity contribution is -0.115. The van der Waals surface area contributed by atoms with Crippen molar-refractivity contribution in [1.82, 2.24) is 14.8 Å². The number of aromatic nitrogens is 3. The van der Waals surface area contributed by atoms with Crippen LogP contribution in [-0.4, -0.2) is 39.0 Å². The highest BCUT2D eigenvalue weighted by Gasteiger charge is 2.27. The Bertz CT molecular complexity index is 1210. The van der Waals surface area contributed by atoms with Gasteiger partial charge in [-0.3, -0.25) is 4.79 Å². The lowest BCUT2D eigenvalue weighted by atomic mass is 9.95. The van der Waals surface area contributed by atoms with E-state index in [1.807, 2.05) is 41.0 Å². The van der Waals surface area contributed by atoms with Gasteiger partial charge in [0.05, 0.1) is 18.7 Å². The number of ether oxygens (including phenoxy) is 1. The van der Waals surface area contributed by atoms with E-state index < -0.39 is 0 Å². The Hall–Kier alpha value is -3.11. The number of esters is 1. The monoisotopic (exact) mass is 525 g/mol. The third kappa shape index (κ3) is 6.36. The van der Waals surface area contributed by atoms with Crippen LogP contribution in [0.15, 0.2) is 48.1 Å². The maximum atomic E-state index is 12.8. The maximum absolute atomic E-state index is 12.8. The van der Waals surface area contributed by atoms with Crippen LogP contribution < -0.4 is 10.6 Å². The molecule has 0 saturated heterocycles. The molecule has 4 rings (SSSR count). The number of anilines is 2. The van der Waals surface area contributed by atoms with Crippen LogP contribution in [0.3, 0.4) is 0 Å². The number of thioether (sulfide) groups is 1. The number of nitrogens with zero attached hydrogens (tertiary/aromatic N) is 3. The molecule has 1 aliphatic carbocycles. The number of nitrogens with one attached hydrogen (secondary N) is 2. The van der Waals surface area contributed by atoms with Crippen molar-refractivity contribution in [3.8, 4) is 0 Å². The van der Waals surface area contributed by atoms with E-state index >= 15 is 0 Å². The Balaban J connectivity index is 1.36. The summed E-state index contributed by atoms with van der Waals surface area (Å²) in [6.45, 7) is 7.06. The molecule has 0 aliphatic heterocycles. The number of fused-ring (bicyclic) bond motifs is 1. The number of thiophene rings is 1. The van der Waals surface area contributed by atoms with Crippen molar-refractivity contribution < 1.29 is 14.3 Å². The van der Waals surface area contributed by atoms with Gasteiger partial charge in [-0.05, 0) is 50.3 Å². The Morgan fingerprint density at radius 1 is 1.22 bits per heavy atom. The zero-order valence-corrected chi connectivity index (χ0v) is 22.1. The smallest absolute Gasteiger partial charge is 0.341 e. The lowest BCUT2D eigenvalue weighted by Crippen LogP contribution is -2.16. The molecule has 8 nitrogen and oxygen atoms in total. The minimum absolute atomic E-state index is 0.132. The first-order valence-electron chi connectivity index (χ1n) is 12.2. The molecular weight excluding hydrogens is 494 g/mol. The van der Waals surface area contributed by atoms with E-state index in [9.17, 15) is 9.59 Å². The van der Waals surface area contributed by atoms with Crippen molar-refractivity contribution in [3.63, 3.8) is 0 Å². The summed E-state index contributed by atoms with van der Waals surface area (Å²) in [5.41, 5.74) is 2.59. The van der Waals surface area contributed by atoms with E-state index in [-0.39, 0.29) is 18.3 Å². The van der Waals surface area contributed by atoms with E-state index in [0.29, 0.717) is 36.0 Å². The lowest BCUT2D eigenvalue weighted by Gasteiger charge is -2.12. The van der Waals surface area contributed by atoms with Gasteiger partial charge in [0, 0.05) is 29.3 Å². The van der Waals surface area contributed by atoms with Crippen LogP contribution in [0, 0.1) is 0 Å². The van der Waals surface area contributed by atoms with Crippen LogP contribution in [0.5, 0.6) is 0 Å². The number of rotatable bonds is 12. The quantitative estimate of drug-likeness (QED) is 0.188. The first-order chi connectivity index (χ1) is 17.6. The van der Waals surface area contributed by atoms with Crippen LogP contribution in [0.4, 0.5) is 10.7 Å². The van der Waals surface area contributed by atoms with Gasteiger partial charge in [-0.15, -0.1) is 28.1 Å². The number of aryl methyl sites for hydroxylation is 1. The Labute approximate surface area is 219 Å². The van der Waals surface area contributed by atoms with E-state index in [1.165, 1.54) is 28.0 Å². The predicted octanol–water partition coefficient (Wildman–Crippen LogP) is 5.31. The fraction of sp³-hybridized carbons (Fsp3) is 0.385. The van der Waals surface area contributed by atoms with Crippen molar-refractivity contribution in [2.24, 2.45) is 0 Å². The number of para-hydroxylation sites is 1. The molecule has 1 aliphatic rings. The van der Waals surface area contributed by atoms with E-state index in [4.69, 9.17) is 4.74 Å². The molecule has 0 radical (unpaired) electrons. The molecule has 0 bridgehead atoms. The molecule has 10 heteroatoms. The van der Waals surface area contributed by atoms with Gasteiger partial charge in [-0.2, -0.15) is 0 Å². The van der Waals surface area contributed by atoms with E-state index in [2.05, 4.69) is 27.4 Å². The highest BCUT2D eigenvalue weighted by Crippen LogP contribution is 2.38. The molecule has 1 amide bonds. The number of carbonyl (C=O) groups is 2. The van der Waals surface area contributed by atoms with Gasteiger partial charge < -0.3 is 19.9 Å². The standard InChI is InChI=1S/C26H31N5O3S2/c1-3-15-31-21(17-27-18-10-6-5-7-11-18)29-30-26(31)35-16-14-22(32)28-24-23(25(33)34-4-2)19-12-8-9-13-20(19)36-24/h3,5-7,10-11,27H,1,4,8-9,12-17H2,2H3,(H,28,32). The molecule has 0 unspecified atom stereocenters. The largest absolute Gasteiger partial charge is 0.462 e. The third-order valence-corrected chi connectivity index (χ3v) is 7.97. The van der Waals surface area contributed by atoms with Crippen molar-refractivity contribution >= 4 is 45.7 Å². The summed E-state index contributed by atoms with van der Waals surface area (Å²) in [5.74, 6) is 0.852. The number of hydrogen-bond donors (Lipinski definition) is 2. The van der Waals surface area contributed by atoms with Crippen molar-refractivity contribution in [2.45, 2.75) is 57.3 Å². The highest BCUT2D eigenvalue weighted by molar-refractivity contribution is 7.99. The van der Waals surface area contributed by atoms with Crippen molar-refractivity contribution in [3.05, 3.63) is 64.8 Å². The Morgan fingerprint density at radius 2 is 2.03 bits per heavy atom. The summed E-state index contributed by atoms with van der Waals surface area (Å²) in [5, 5.41) is 16.3. The van der Waals surface area contributed by atoms with Crippen molar-refractivity contribution in [1.29, 1.82) is 0 Å². The van der Waals surface area contributed by atoms with Gasteiger partial charge in [0.1, 0.15) is 5.00 Å². The van der Waals surface area contributed by atoms with Crippen LogP contribution in [-0.2, 0) is 35.5 Å². The molecule has 190 valence electrons. The van der Waals surface area contributed by atoms with E-state index in [0.717, 1.165) is 47.9 Å². The predicted molar refractivity (Wildman–Crippen MR) is 145 cm³/mol. The summed E-state index contributed by atoms with van der Waals surface area (Å²) in [4.78, 5) is 26.6. The van der Waals surface area contributed by atoms with Crippen LogP contribution in [0.1, 0.15) is 52.8 Å². The summed E-state index contributed by atoms with van der Waals surface area (Å²) < 4.78 is 7.28. The number of amides is 1. The number of hydrogen-bond acceptors (Lipinski definition) is 8. The molecule has 1 aromatic carbocycles. The summed E-state index contributed by atoms with van der Waals surface area (Å²) in [7, 11) is 0. The zero-order valence-electron chi connectivity index (χ0n) is 20.4. The number of carbonyl (C=O) groups excluding carboxylic acids is 2. The molecule has 3 aromatic rings. The summed E-state index contributed by atoms with van der Waals surface area (Å²) >= 11 is 2.99. The number of allylic oxidation sites excluding steroid dienone is 1. The van der Waals surface area contributed by atoms with Gasteiger partial charge >= 0.3 is 5.97 Å². The summed E-state index contributed by atoms with van der Waals surface area (Å²) in [6.07, 6.45) is 6.04. The first kappa shape index (κ1) is 26.0. The van der Waals surface area contributed by atoms with E-state index in [1.54, 1.807) is 6.92 Å². The maximum Gasteiger partial charge on any atom is 0.341 e. The molecule has 0 fully saturated rings. The minimum atomic E-state index is -0.351. The second-order valence-corrected chi connectivity index (χ2v) is 10.5. The topological polar surface area (TPSA) is 98.1 Å². The molecule has 36 heavy (non-hydrogen) atoms. The van der Waals surface area contributed by atoms with Crippen molar-refractivity contribution in [2.75, 3.05) is 23.0 Å². The second-order valence-electron chi connectivity index (χ2n) is 8.30. The van der Waals surface area contributed by atoms with Gasteiger partial charge in [-0.25, -0.2) is 4.79 Å². The fourth-order valence-corrected chi connectivity index (χ4v) is 6.30. The average molecular weight is 526 g/mol. The normalized spacial score (nSPS) is 12.6. The molecule has 0 spiro atoms. The second kappa shape index (κ2) is 12.7. The molecule has 2 aromatic heterocycles. The van der Waals surface area contributed by atoms with Crippen LogP contribution >= 0.6 is 23.1 Å². The Morgan fingerprint density at radius 3 is 2.81 bits per heavy atom. The van der Waals surface area contributed by atoms with Gasteiger partial charge in [0.25, 0.3) is 0 Å². The zero-order chi connectivity index (χ0) is 25.3. The van der Waals surface area contributed by atoms with Crippen LogP contribution in [0.25, 0.3) is 0 Å². The molecule has 0 atom stereocenters. The fourth-order valence-electron chi connectivity index (χ4n) is 4.10. The molecular formula is C26H31N5O3S2. The highest BCUT2D eigenvalue weighted by atomic mass is 32.2. The molecule has 2 heterocycles. The van der Waals surface area contributed by atoms with Gasteiger partial charge in [0.15, 0.2) is 11.0 Å².